The van der Waals surface area contributed by atoms with E-state index in [1.165, 1.54) is 30.6 Å². The van der Waals surface area contributed by atoms with Crippen molar-refractivity contribution in [1.29, 1.82) is 0 Å². The van der Waals surface area contributed by atoms with Crippen LogP contribution in [0.15, 0.2) is 67.0 Å². The first kappa shape index (κ1) is 32.4. The number of aliphatic hydroxyl groups is 2. The first-order valence-electron chi connectivity index (χ1n) is 14.4. The first-order valence-corrected chi connectivity index (χ1v) is 14.4. The van der Waals surface area contributed by atoms with Crippen LogP contribution in [-0.4, -0.2) is 91.8 Å². The molecular weight excluding hydrogens is 603 g/mol. The summed E-state index contributed by atoms with van der Waals surface area (Å²) in [5.41, 5.74) is -2.61. The SMILES string of the molecule is CNc1nc(NC(=O)C(C)C)nc2c1ncn2[C@@H]1O[C@H](COC(=O)c2ccccc2)[C@@H](OC(=O)c2ccccc2)[C@]1(F)[C@@H](O)CO. The number of nitrogens with one attached hydrogen (secondary N) is 2. The Kier molecular flexibility index (Phi) is 9.55. The van der Waals surface area contributed by atoms with Crippen molar-refractivity contribution in [1.82, 2.24) is 19.5 Å². The maximum atomic E-state index is 17.6. The second kappa shape index (κ2) is 13.6. The van der Waals surface area contributed by atoms with Crippen LogP contribution < -0.4 is 10.6 Å². The number of nitrogens with zero attached hydrogens (tertiary/aromatic N) is 4. The molecule has 0 unspecified atom stereocenters. The van der Waals surface area contributed by atoms with E-state index in [1.54, 1.807) is 57.3 Å². The van der Waals surface area contributed by atoms with Gasteiger partial charge in [-0.3, -0.25) is 14.7 Å². The third-order valence-electron chi connectivity index (χ3n) is 7.44. The van der Waals surface area contributed by atoms with Crippen molar-refractivity contribution in [2.45, 2.75) is 44.1 Å². The number of ether oxygens (including phenoxy) is 3. The lowest BCUT2D eigenvalue weighted by atomic mass is 9.89. The lowest BCUT2D eigenvalue weighted by Gasteiger charge is -2.34. The van der Waals surface area contributed by atoms with Crippen molar-refractivity contribution in [2.75, 3.05) is 30.9 Å². The number of rotatable bonds is 11. The number of hydrogen-bond acceptors (Lipinski definition) is 12. The third kappa shape index (κ3) is 6.24. The number of aromatic nitrogens is 4. The predicted octanol–water partition coefficient (Wildman–Crippen LogP) is 2.50. The van der Waals surface area contributed by atoms with E-state index in [-0.39, 0.29) is 40.0 Å². The van der Waals surface area contributed by atoms with Crippen LogP contribution in [0.2, 0.25) is 0 Å². The lowest BCUT2D eigenvalue weighted by molar-refractivity contribution is -0.134. The number of carbonyl (C=O) groups is 3. The van der Waals surface area contributed by atoms with Crippen LogP contribution in [0, 0.1) is 5.92 Å². The zero-order valence-corrected chi connectivity index (χ0v) is 25.2. The standard InChI is InChI=1S/C31H33FN6O8/c1-17(2)26(41)37-30-35-24(33-3)22-25(36-30)38(16-34-22)29-31(32,21(40)14-39)23(46-28(43)19-12-8-5-9-13-19)20(45-29)15-44-27(42)18-10-6-4-7-11-18/h4-13,16-17,20-21,23,29,39-40H,14-15H2,1-3H3,(H2,33,35,36,37,41)/t20-,21+,23-,29-,31-/m1/s1. The number of anilines is 2. The van der Waals surface area contributed by atoms with E-state index in [9.17, 15) is 24.6 Å². The molecule has 1 aliphatic rings. The second-order valence-electron chi connectivity index (χ2n) is 10.8. The van der Waals surface area contributed by atoms with E-state index in [0.717, 1.165) is 4.57 Å². The topological polar surface area (TPSA) is 187 Å². The van der Waals surface area contributed by atoms with Gasteiger partial charge in [-0.15, -0.1) is 0 Å². The van der Waals surface area contributed by atoms with Gasteiger partial charge in [-0.1, -0.05) is 50.2 Å². The van der Waals surface area contributed by atoms with Crippen LogP contribution >= 0.6 is 0 Å². The van der Waals surface area contributed by atoms with Crippen molar-refractivity contribution in [2.24, 2.45) is 5.92 Å². The summed E-state index contributed by atoms with van der Waals surface area (Å²) >= 11 is 0. The Bertz CT molecular complexity index is 1710. The number of hydrogen-bond donors (Lipinski definition) is 4. The van der Waals surface area contributed by atoms with Crippen LogP contribution in [0.25, 0.3) is 11.2 Å². The summed E-state index contributed by atoms with van der Waals surface area (Å²) in [6.45, 7) is 1.67. The van der Waals surface area contributed by atoms with Crippen LogP contribution in [0.1, 0.15) is 40.8 Å². The highest BCUT2D eigenvalue weighted by atomic mass is 19.1. The average Bonchev–Trinajstić information content (AvgIpc) is 3.62. The molecule has 1 saturated heterocycles. The number of fused-ring (bicyclic) bond motifs is 1. The molecule has 5 rings (SSSR count). The summed E-state index contributed by atoms with van der Waals surface area (Å²) in [6, 6.07) is 15.8. The number of carbonyl (C=O) groups excluding carboxylic acids is 3. The molecule has 2 aromatic heterocycles. The van der Waals surface area contributed by atoms with Gasteiger partial charge >= 0.3 is 11.9 Å². The van der Waals surface area contributed by atoms with Crippen LogP contribution in [0.3, 0.4) is 0 Å². The summed E-state index contributed by atoms with van der Waals surface area (Å²) in [5.74, 6) is -2.42. The van der Waals surface area contributed by atoms with Crippen LogP contribution in [0.4, 0.5) is 16.2 Å². The molecule has 15 heteroatoms. The molecular formula is C31H33FN6O8. The van der Waals surface area contributed by atoms with Crippen molar-refractivity contribution in [3.8, 4) is 0 Å². The number of imidazole rings is 1. The Morgan fingerprint density at radius 2 is 1.67 bits per heavy atom. The van der Waals surface area contributed by atoms with Crippen molar-refractivity contribution >= 4 is 40.8 Å². The van der Waals surface area contributed by atoms with Gasteiger partial charge in [0, 0.05) is 13.0 Å². The predicted molar refractivity (Wildman–Crippen MR) is 162 cm³/mol. The molecule has 46 heavy (non-hydrogen) atoms. The zero-order valence-electron chi connectivity index (χ0n) is 25.2. The molecule has 2 aromatic carbocycles. The molecule has 0 radical (unpaired) electrons. The third-order valence-corrected chi connectivity index (χ3v) is 7.44. The van der Waals surface area contributed by atoms with Gasteiger partial charge in [-0.05, 0) is 24.3 Å². The Hall–Kier alpha value is -4.99. The van der Waals surface area contributed by atoms with Gasteiger partial charge in [0.25, 0.3) is 0 Å². The molecule has 4 N–H and O–H groups in total. The molecule has 0 saturated carbocycles. The van der Waals surface area contributed by atoms with Gasteiger partial charge in [0.15, 0.2) is 29.3 Å². The lowest BCUT2D eigenvalue weighted by Crippen LogP contribution is -2.55. The molecule has 4 aromatic rings. The summed E-state index contributed by atoms with van der Waals surface area (Å²) in [4.78, 5) is 51.4. The Morgan fingerprint density at radius 1 is 1.04 bits per heavy atom. The molecule has 0 aliphatic carbocycles. The maximum absolute atomic E-state index is 17.6. The van der Waals surface area contributed by atoms with Crippen molar-refractivity contribution in [3.05, 3.63) is 78.1 Å². The van der Waals surface area contributed by atoms with Gasteiger partial charge in [0.2, 0.25) is 17.5 Å². The van der Waals surface area contributed by atoms with Gasteiger partial charge in [0.1, 0.15) is 18.8 Å². The van der Waals surface area contributed by atoms with E-state index in [4.69, 9.17) is 14.2 Å². The number of benzene rings is 2. The second-order valence-corrected chi connectivity index (χ2v) is 10.8. The van der Waals surface area contributed by atoms with Gasteiger partial charge in [-0.2, -0.15) is 9.97 Å². The molecule has 5 atom stereocenters. The highest BCUT2D eigenvalue weighted by Crippen LogP contribution is 2.47. The molecule has 0 spiro atoms. The van der Waals surface area contributed by atoms with E-state index in [0.29, 0.717) is 0 Å². The minimum absolute atomic E-state index is 0.0226. The molecule has 242 valence electrons. The number of esters is 2. The van der Waals surface area contributed by atoms with Gasteiger partial charge < -0.3 is 29.7 Å². The average molecular weight is 637 g/mol. The van der Waals surface area contributed by atoms with E-state index >= 15 is 4.39 Å². The van der Waals surface area contributed by atoms with E-state index in [1.807, 2.05) is 0 Å². The fraction of sp³-hybridized carbons (Fsp3) is 0.355. The van der Waals surface area contributed by atoms with E-state index in [2.05, 4.69) is 25.6 Å². The highest BCUT2D eigenvalue weighted by molar-refractivity contribution is 5.93. The first-order chi connectivity index (χ1) is 22.1. The van der Waals surface area contributed by atoms with Crippen LogP contribution in [0.5, 0.6) is 0 Å². The summed E-state index contributed by atoms with van der Waals surface area (Å²) in [5, 5.41) is 26.4. The smallest absolute Gasteiger partial charge is 0.338 e. The number of halogens is 1. The Balaban J connectivity index is 1.58. The monoisotopic (exact) mass is 636 g/mol. The highest BCUT2D eigenvalue weighted by Gasteiger charge is 2.65. The number of amides is 1. The number of aliphatic hydroxyl groups excluding tert-OH is 2. The Labute approximate surface area is 262 Å². The zero-order chi connectivity index (χ0) is 33.0. The Morgan fingerprint density at radius 3 is 2.26 bits per heavy atom. The molecule has 14 nitrogen and oxygen atoms in total. The minimum atomic E-state index is -3.04. The maximum Gasteiger partial charge on any atom is 0.338 e. The normalized spacial score (nSPS) is 21.6. The molecule has 1 fully saturated rings. The van der Waals surface area contributed by atoms with Gasteiger partial charge in [-0.25, -0.2) is 19.0 Å². The summed E-state index contributed by atoms with van der Waals surface area (Å²) in [7, 11) is 1.56. The summed E-state index contributed by atoms with van der Waals surface area (Å²) in [6.07, 6.45) is -6.20. The quantitative estimate of drug-likeness (QED) is 0.177. The van der Waals surface area contributed by atoms with Crippen molar-refractivity contribution < 1.29 is 43.2 Å². The minimum Gasteiger partial charge on any atom is -0.459 e. The molecule has 1 aliphatic heterocycles. The largest absolute Gasteiger partial charge is 0.459 e. The molecule has 0 bridgehead atoms. The number of alkyl halides is 1. The fourth-order valence-corrected chi connectivity index (χ4v) is 4.98. The molecule has 1 amide bonds. The van der Waals surface area contributed by atoms with Crippen LogP contribution in [-0.2, 0) is 19.0 Å². The molecule has 3 heterocycles. The van der Waals surface area contributed by atoms with Gasteiger partial charge in [0.05, 0.1) is 24.1 Å². The van der Waals surface area contributed by atoms with E-state index < -0.39 is 61.3 Å². The van der Waals surface area contributed by atoms with Crippen molar-refractivity contribution in [3.63, 3.8) is 0 Å². The summed E-state index contributed by atoms with van der Waals surface area (Å²) < 4.78 is 35.8. The fourth-order valence-electron chi connectivity index (χ4n) is 4.98.